The second-order valence-electron chi connectivity index (χ2n) is 7.52. The maximum atomic E-state index is 5.42. The van der Waals surface area contributed by atoms with Gasteiger partial charge in [0, 0.05) is 58.5 Å². The molecule has 0 aliphatic carbocycles. The van der Waals surface area contributed by atoms with Crippen molar-refractivity contribution in [2.24, 2.45) is 0 Å². The van der Waals surface area contributed by atoms with Crippen molar-refractivity contribution in [3.63, 3.8) is 0 Å². The summed E-state index contributed by atoms with van der Waals surface area (Å²) in [7, 11) is 4.19. The van der Waals surface area contributed by atoms with Crippen LogP contribution in [0.1, 0.15) is 18.4 Å². The van der Waals surface area contributed by atoms with Crippen LogP contribution in [-0.4, -0.2) is 82.4 Å². The summed E-state index contributed by atoms with van der Waals surface area (Å²) in [5.74, 6) is 0. The molecule has 0 atom stereocenters. The molecule has 1 N–H and O–H groups in total. The third-order valence-corrected chi connectivity index (χ3v) is 5.45. The number of hydrogen-bond acceptors (Lipinski definition) is 5. The van der Waals surface area contributed by atoms with Crippen LogP contribution in [0.4, 0.5) is 5.69 Å². The van der Waals surface area contributed by atoms with Crippen LogP contribution in [0, 0.1) is 0 Å². The smallest absolute Gasteiger partial charge is 0.0594 e. The number of rotatable bonds is 7. The van der Waals surface area contributed by atoms with E-state index >= 15 is 0 Å². The Kier molecular flexibility index (Phi) is 7.11. The first-order chi connectivity index (χ1) is 12.2. The van der Waals surface area contributed by atoms with Crippen molar-refractivity contribution in [3.8, 4) is 0 Å². The molecule has 0 spiro atoms. The number of morpholine rings is 1. The van der Waals surface area contributed by atoms with Crippen LogP contribution < -0.4 is 10.2 Å². The van der Waals surface area contributed by atoms with E-state index in [2.05, 4.69) is 58.4 Å². The molecular formula is C20H34N4O. The molecule has 0 radical (unpaired) electrons. The average molecular weight is 347 g/mol. The normalized spacial score (nSPS) is 20.7. The Morgan fingerprint density at radius 1 is 1.04 bits per heavy atom. The fourth-order valence-corrected chi connectivity index (χ4v) is 3.68. The average Bonchev–Trinajstić information content (AvgIpc) is 2.66. The van der Waals surface area contributed by atoms with Crippen LogP contribution in [0.25, 0.3) is 0 Å². The lowest BCUT2D eigenvalue weighted by molar-refractivity contribution is 0.0318. The highest BCUT2D eigenvalue weighted by atomic mass is 16.5. The molecule has 1 aromatic rings. The van der Waals surface area contributed by atoms with Gasteiger partial charge < -0.3 is 19.9 Å². The minimum Gasteiger partial charge on any atom is -0.379 e. The fraction of sp³-hybridized carbons (Fsp3) is 0.700. The van der Waals surface area contributed by atoms with Crippen LogP contribution in [0.15, 0.2) is 24.3 Å². The standard InChI is InChI=1S/C20H34N4O/c1-22(2)20-5-3-4-18(16-20)17-21-19-6-8-23(9-7-19)10-11-24-12-14-25-15-13-24/h3-5,16,19,21H,6-15,17H2,1-2H3. The second-order valence-corrected chi connectivity index (χ2v) is 7.52. The zero-order valence-electron chi connectivity index (χ0n) is 15.9. The van der Waals surface area contributed by atoms with Crippen LogP contribution in [0.2, 0.25) is 0 Å². The lowest BCUT2D eigenvalue weighted by Gasteiger charge is -2.34. The van der Waals surface area contributed by atoms with Crippen molar-refractivity contribution in [3.05, 3.63) is 29.8 Å². The lowest BCUT2D eigenvalue weighted by Crippen LogP contribution is -2.46. The number of piperidine rings is 1. The van der Waals surface area contributed by atoms with Gasteiger partial charge >= 0.3 is 0 Å². The fourth-order valence-electron chi connectivity index (χ4n) is 3.68. The topological polar surface area (TPSA) is 31.0 Å². The molecule has 2 fully saturated rings. The van der Waals surface area contributed by atoms with Gasteiger partial charge in [0.2, 0.25) is 0 Å². The van der Waals surface area contributed by atoms with Crippen molar-refractivity contribution in [1.29, 1.82) is 0 Å². The molecule has 2 aliphatic rings. The number of anilines is 1. The van der Waals surface area contributed by atoms with E-state index in [1.165, 1.54) is 50.3 Å². The van der Waals surface area contributed by atoms with Crippen molar-refractivity contribution in [2.75, 3.05) is 71.5 Å². The van der Waals surface area contributed by atoms with Crippen molar-refractivity contribution >= 4 is 5.69 Å². The monoisotopic (exact) mass is 346 g/mol. The summed E-state index contributed by atoms with van der Waals surface area (Å²) in [6.07, 6.45) is 2.52. The summed E-state index contributed by atoms with van der Waals surface area (Å²) in [6.45, 7) is 9.83. The van der Waals surface area contributed by atoms with Gasteiger partial charge in [0.15, 0.2) is 0 Å². The summed E-state index contributed by atoms with van der Waals surface area (Å²) in [5, 5.41) is 3.76. The first-order valence-electron chi connectivity index (χ1n) is 9.73. The molecule has 0 saturated carbocycles. The number of likely N-dealkylation sites (tertiary alicyclic amines) is 1. The molecule has 0 bridgehead atoms. The summed E-state index contributed by atoms with van der Waals surface area (Å²) in [6, 6.07) is 9.47. The number of nitrogens with zero attached hydrogens (tertiary/aromatic N) is 3. The molecular weight excluding hydrogens is 312 g/mol. The van der Waals surface area contributed by atoms with E-state index < -0.39 is 0 Å². The van der Waals surface area contributed by atoms with E-state index in [1.807, 2.05) is 0 Å². The van der Waals surface area contributed by atoms with E-state index in [4.69, 9.17) is 4.74 Å². The Balaban J connectivity index is 1.34. The summed E-state index contributed by atoms with van der Waals surface area (Å²) >= 11 is 0. The van der Waals surface area contributed by atoms with Crippen molar-refractivity contribution in [2.45, 2.75) is 25.4 Å². The predicted octanol–water partition coefficient (Wildman–Crippen LogP) is 1.64. The molecule has 2 heterocycles. The first-order valence-corrected chi connectivity index (χ1v) is 9.73. The van der Waals surface area contributed by atoms with Crippen molar-refractivity contribution < 1.29 is 4.74 Å². The zero-order chi connectivity index (χ0) is 17.5. The van der Waals surface area contributed by atoms with Gasteiger partial charge in [0.25, 0.3) is 0 Å². The van der Waals surface area contributed by atoms with Crippen LogP contribution in [-0.2, 0) is 11.3 Å². The summed E-state index contributed by atoms with van der Waals surface area (Å²) in [4.78, 5) is 7.32. The molecule has 0 amide bonds. The number of benzene rings is 1. The van der Waals surface area contributed by atoms with Gasteiger partial charge in [-0.3, -0.25) is 4.90 Å². The Hall–Kier alpha value is -1.14. The molecule has 25 heavy (non-hydrogen) atoms. The quantitative estimate of drug-likeness (QED) is 0.811. The maximum Gasteiger partial charge on any atom is 0.0594 e. The molecule has 140 valence electrons. The molecule has 5 nitrogen and oxygen atoms in total. The number of ether oxygens (including phenoxy) is 1. The van der Waals surface area contributed by atoms with Gasteiger partial charge in [0.05, 0.1) is 13.2 Å². The third kappa shape index (κ3) is 5.96. The second kappa shape index (κ2) is 9.53. The minimum atomic E-state index is 0.655. The highest BCUT2D eigenvalue weighted by molar-refractivity contribution is 5.47. The van der Waals surface area contributed by atoms with Gasteiger partial charge in [-0.1, -0.05) is 12.1 Å². The van der Waals surface area contributed by atoms with Crippen LogP contribution >= 0.6 is 0 Å². The molecule has 2 saturated heterocycles. The highest BCUT2D eigenvalue weighted by Crippen LogP contribution is 2.15. The van der Waals surface area contributed by atoms with Gasteiger partial charge in [0.1, 0.15) is 0 Å². The van der Waals surface area contributed by atoms with E-state index in [0.29, 0.717) is 6.04 Å². The van der Waals surface area contributed by atoms with Crippen LogP contribution in [0.5, 0.6) is 0 Å². The van der Waals surface area contributed by atoms with Gasteiger partial charge in [-0.15, -0.1) is 0 Å². The summed E-state index contributed by atoms with van der Waals surface area (Å²) < 4.78 is 5.42. The Bertz CT molecular complexity index is 508. The largest absolute Gasteiger partial charge is 0.379 e. The highest BCUT2D eigenvalue weighted by Gasteiger charge is 2.19. The van der Waals surface area contributed by atoms with Gasteiger partial charge in [-0.2, -0.15) is 0 Å². The van der Waals surface area contributed by atoms with E-state index in [1.54, 1.807) is 0 Å². The minimum absolute atomic E-state index is 0.655. The number of nitrogens with one attached hydrogen (secondary N) is 1. The predicted molar refractivity (Wildman–Crippen MR) is 104 cm³/mol. The van der Waals surface area contributed by atoms with Gasteiger partial charge in [-0.25, -0.2) is 0 Å². The molecule has 0 aromatic heterocycles. The molecule has 3 rings (SSSR count). The van der Waals surface area contributed by atoms with Crippen molar-refractivity contribution in [1.82, 2.24) is 15.1 Å². The maximum absolute atomic E-state index is 5.42. The molecule has 0 unspecified atom stereocenters. The van der Waals surface area contributed by atoms with E-state index in [9.17, 15) is 0 Å². The van der Waals surface area contributed by atoms with Gasteiger partial charge in [-0.05, 0) is 43.6 Å². The Labute approximate surface area is 152 Å². The summed E-state index contributed by atoms with van der Waals surface area (Å²) in [5.41, 5.74) is 2.65. The van der Waals surface area contributed by atoms with Crippen LogP contribution in [0.3, 0.4) is 0 Å². The van der Waals surface area contributed by atoms with E-state index in [0.717, 1.165) is 32.8 Å². The SMILES string of the molecule is CN(C)c1cccc(CNC2CCN(CCN3CCOCC3)CC2)c1. The number of hydrogen-bond donors (Lipinski definition) is 1. The Morgan fingerprint density at radius 3 is 2.40 bits per heavy atom. The first kappa shape index (κ1) is 18.6. The lowest BCUT2D eigenvalue weighted by atomic mass is 10.0. The molecule has 2 aliphatic heterocycles. The third-order valence-electron chi connectivity index (χ3n) is 5.45. The Morgan fingerprint density at radius 2 is 1.72 bits per heavy atom. The van der Waals surface area contributed by atoms with E-state index in [-0.39, 0.29) is 0 Å². The molecule has 5 heteroatoms. The molecule has 1 aromatic carbocycles. The zero-order valence-corrected chi connectivity index (χ0v) is 15.9.